The fourth-order valence-electron chi connectivity index (χ4n) is 3.11. The molecule has 0 fully saturated rings. The number of halogens is 1. The number of pyridine rings is 1. The maximum Gasteiger partial charge on any atom is 0.415 e. The molecule has 10 heteroatoms. The second kappa shape index (κ2) is 6.70. The summed E-state index contributed by atoms with van der Waals surface area (Å²) in [5, 5.41) is 13.5. The Kier molecular flexibility index (Phi) is 4.66. The normalized spacial score (nSPS) is 16.2. The lowest BCUT2D eigenvalue weighted by atomic mass is 9.98. The molecule has 1 aliphatic rings. The molecule has 28 heavy (non-hydrogen) atoms. The van der Waals surface area contributed by atoms with Crippen LogP contribution < -0.4 is 0 Å². The standard InChI is InChI=1S/C18H18FN3O6/c1-8-12-9-5-6-20-15(19)13(9)16(24)22(17(25)26)10(14(12)28-21-8)7-11(23)27-18(2,3)4/h5-6,10H,7H2,1-4H3,(H,25,26). The number of carbonyl (C=O) groups is 3. The number of aromatic nitrogens is 2. The van der Waals surface area contributed by atoms with E-state index in [1.54, 1.807) is 27.7 Å². The van der Waals surface area contributed by atoms with E-state index in [1.807, 2.05) is 0 Å². The SMILES string of the molecule is Cc1noc2c1-c1ccnc(F)c1C(=O)N(C(=O)O)C2CC(=O)OC(C)(C)C. The van der Waals surface area contributed by atoms with E-state index in [1.165, 1.54) is 6.07 Å². The predicted molar refractivity (Wildman–Crippen MR) is 91.8 cm³/mol. The molecule has 3 rings (SSSR count). The molecule has 2 amide bonds. The van der Waals surface area contributed by atoms with Gasteiger partial charge in [0, 0.05) is 11.8 Å². The molecule has 2 aromatic heterocycles. The molecule has 0 saturated heterocycles. The molecule has 1 N–H and O–H groups in total. The van der Waals surface area contributed by atoms with Gasteiger partial charge in [-0.2, -0.15) is 4.39 Å². The Bertz CT molecular complexity index is 978. The lowest BCUT2D eigenvalue weighted by Crippen LogP contribution is -2.40. The van der Waals surface area contributed by atoms with Gasteiger partial charge in [0.25, 0.3) is 5.91 Å². The predicted octanol–water partition coefficient (Wildman–Crippen LogP) is 3.09. The minimum absolute atomic E-state index is 0.0385. The molecule has 148 valence electrons. The number of ether oxygens (including phenoxy) is 1. The number of hydrogen-bond acceptors (Lipinski definition) is 7. The Labute approximate surface area is 159 Å². The minimum atomic E-state index is -1.67. The van der Waals surface area contributed by atoms with Crippen LogP contribution >= 0.6 is 0 Å². The number of imide groups is 1. The zero-order valence-electron chi connectivity index (χ0n) is 15.6. The van der Waals surface area contributed by atoms with Gasteiger partial charge in [0.15, 0.2) is 5.76 Å². The minimum Gasteiger partial charge on any atom is -0.465 e. The highest BCUT2D eigenvalue weighted by atomic mass is 19.1. The summed E-state index contributed by atoms with van der Waals surface area (Å²) in [5.41, 5.74) is -0.676. The number of amides is 2. The third kappa shape index (κ3) is 3.32. The average molecular weight is 391 g/mol. The van der Waals surface area contributed by atoms with Crippen LogP contribution in [0.25, 0.3) is 11.1 Å². The molecule has 1 aliphatic heterocycles. The first-order valence-electron chi connectivity index (χ1n) is 8.40. The number of nitrogens with zero attached hydrogens (tertiary/aromatic N) is 3. The Morgan fingerprint density at radius 2 is 2.04 bits per heavy atom. The van der Waals surface area contributed by atoms with E-state index in [4.69, 9.17) is 9.26 Å². The highest BCUT2D eigenvalue weighted by molar-refractivity contribution is 6.08. The number of hydrogen-bond donors (Lipinski definition) is 1. The molecule has 0 spiro atoms. The molecule has 2 aromatic rings. The second-order valence-corrected chi connectivity index (χ2v) is 7.30. The Balaban J connectivity index is 2.20. The van der Waals surface area contributed by atoms with Gasteiger partial charge in [0.1, 0.15) is 17.2 Å². The first-order chi connectivity index (χ1) is 13.0. The van der Waals surface area contributed by atoms with E-state index in [0.717, 1.165) is 6.20 Å². The van der Waals surface area contributed by atoms with Crippen molar-refractivity contribution in [1.82, 2.24) is 15.0 Å². The number of aryl methyl sites for hydroxylation is 1. The van der Waals surface area contributed by atoms with E-state index in [0.29, 0.717) is 10.6 Å². The molecule has 0 bridgehead atoms. The second-order valence-electron chi connectivity index (χ2n) is 7.30. The number of carboxylic acid groups (broad SMARTS) is 1. The summed E-state index contributed by atoms with van der Waals surface area (Å²) in [4.78, 5) is 41.0. The summed E-state index contributed by atoms with van der Waals surface area (Å²) in [6.07, 6.45) is -1.04. The van der Waals surface area contributed by atoms with Crippen molar-refractivity contribution in [2.75, 3.05) is 0 Å². The van der Waals surface area contributed by atoms with E-state index in [9.17, 15) is 23.9 Å². The highest BCUT2D eigenvalue weighted by Gasteiger charge is 2.44. The highest BCUT2D eigenvalue weighted by Crippen LogP contribution is 2.42. The molecule has 1 atom stereocenters. The maximum absolute atomic E-state index is 14.4. The van der Waals surface area contributed by atoms with Gasteiger partial charge in [-0.3, -0.25) is 9.59 Å². The molecular weight excluding hydrogens is 373 g/mol. The number of carbonyl (C=O) groups excluding carboxylic acids is 2. The van der Waals surface area contributed by atoms with E-state index >= 15 is 0 Å². The summed E-state index contributed by atoms with van der Waals surface area (Å²) in [6, 6.07) is -0.00209. The van der Waals surface area contributed by atoms with Crippen LogP contribution in [0, 0.1) is 12.9 Å². The van der Waals surface area contributed by atoms with Crippen molar-refractivity contribution >= 4 is 18.0 Å². The third-order valence-electron chi connectivity index (χ3n) is 4.10. The molecule has 1 unspecified atom stereocenters. The maximum atomic E-state index is 14.4. The van der Waals surface area contributed by atoms with Gasteiger partial charge < -0.3 is 14.4 Å². The topological polar surface area (TPSA) is 123 Å². The molecule has 0 aromatic carbocycles. The van der Waals surface area contributed by atoms with Crippen LogP contribution in [0.1, 0.15) is 55.0 Å². The molecule has 3 heterocycles. The van der Waals surface area contributed by atoms with Crippen molar-refractivity contribution in [3.8, 4) is 11.1 Å². The van der Waals surface area contributed by atoms with E-state index < -0.39 is 47.5 Å². The first-order valence-corrected chi connectivity index (χ1v) is 8.40. The van der Waals surface area contributed by atoms with Gasteiger partial charge in [-0.1, -0.05) is 5.16 Å². The molecular formula is C18H18FN3O6. The summed E-state index contributed by atoms with van der Waals surface area (Å²) in [7, 11) is 0. The number of rotatable bonds is 2. The van der Waals surface area contributed by atoms with Crippen LogP contribution in [-0.2, 0) is 9.53 Å². The third-order valence-corrected chi connectivity index (χ3v) is 4.10. The van der Waals surface area contributed by atoms with Gasteiger partial charge in [0.2, 0.25) is 5.95 Å². The van der Waals surface area contributed by atoms with Gasteiger partial charge in [-0.05, 0) is 33.8 Å². The fourth-order valence-corrected chi connectivity index (χ4v) is 3.11. The largest absolute Gasteiger partial charge is 0.465 e. The number of esters is 1. The van der Waals surface area contributed by atoms with Crippen molar-refractivity contribution in [1.29, 1.82) is 0 Å². The van der Waals surface area contributed by atoms with Gasteiger partial charge in [-0.15, -0.1) is 0 Å². The molecule has 0 radical (unpaired) electrons. The van der Waals surface area contributed by atoms with Crippen molar-refractivity contribution < 1.29 is 33.1 Å². The summed E-state index contributed by atoms with van der Waals surface area (Å²) < 4.78 is 24.9. The Morgan fingerprint density at radius 1 is 1.36 bits per heavy atom. The molecule has 9 nitrogen and oxygen atoms in total. The molecule has 0 aliphatic carbocycles. The smallest absolute Gasteiger partial charge is 0.415 e. The van der Waals surface area contributed by atoms with Crippen molar-refractivity contribution in [3.63, 3.8) is 0 Å². The van der Waals surface area contributed by atoms with Crippen LogP contribution in [-0.4, -0.2) is 43.7 Å². The van der Waals surface area contributed by atoms with E-state index in [2.05, 4.69) is 10.1 Å². The van der Waals surface area contributed by atoms with Crippen molar-refractivity contribution in [2.45, 2.75) is 45.8 Å². The van der Waals surface area contributed by atoms with Crippen LogP contribution in [0.3, 0.4) is 0 Å². The Morgan fingerprint density at radius 3 is 2.64 bits per heavy atom. The van der Waals surface area contributed by atoms with Gasteiger partial charge >= 0.3 is 12.1 Å². The molecule has 0 saturated carbocycles. The first kappa shape index (κ1) is 19.5. The van der Waals surface area contributed by atoms with Crippen molar-refractivity contribution in [2.24, 2.45) is 0 Å². The monoisotopic (exact) mass is 391 g/mol. The van der Waals surface area contributed by atoms with Crippen LogP contribution in [0.2, 0.25) is 0 Å². The number of fused-ring (bicyclic) bond motifs is 3. The van der Waals surface area contributed by atoms with Crippen molar-refractivity contribution in [3.05, 3.63) is 35.2 Å². The van der Waals surface area contributed by atoms with Crippen LogP contribution in [0.15, 0.2) is 16.8 Å². The Hall–Kier alpha value is -3.30. The zero-order valence-corrected chi connectivity index (χ0v) is 15.6. The van der Waals surface area contributed by atoms with Gasteiger partial charge in [-0.25, -0.2) is 14.7 Å². The van der Waals surface area contributed by atoms with Crippen LogP contribution in [0.5, 0.6) is 0 Å². The lowest BCUT2D eigenvalue weighted by Gasteiger charge is -2.26. The fraction of sp³-hybridized carbons (Fsp3) is 0.389. The van der Waals surface area contributed by atoms with Gasteiger partial charge in [0.05, 0.1) is 17.7 Å². The summed E-state index contributed by atoms with van der Waals surface area (Å²) in [6.45, 7) is 6.52. The zero-order chi connectivity index (χ0) is 20.8. The lowest BCUT2D eigenvalue weighted by molar-refractivity contribution is -0.156. The summed E-state index contributed by atoms with van der Waals surface area (Å²) >= 11 is 0. The summed E-state index contributed by atoms with van der Waals surface area (Å²) in [5.74, 6) is -3.06. The van der Waals surface area contributed by atoms with Crippen LogP contribution in [0.4, 0.5) is 9.18 Å². The van der Waals surface area contributed by atoms with E-state index in [-0.39, 0.29) is 16.9 Å². The quantitative estimate of drug-likeness (QED) is 0.612. The average Bonchev–Trinajstić information content (AvgIpc) is 2.88.